The Morgan fingerprint density at radius 1 is 1.18 bits per heavy atom. The number of hydrogen-bond acceptors (Lipinski definition) is 2. The number of carbonyl (C=O) groups is 2. The van der Waals surface area contributed by atoms with Crippen molar-refractivity contribution in [3.63, 3.8) is 0 Å². The van der Waals surface area contributed by atoms with Crippen molar-refractivity contribution in [1.29, 1.82) is 0 Å². The van der Waals surface area contributed by atoms with E-state index in [0.717, 1.165) is 31.2 Å². The van der Waals surface area contributed by atoms with Crippen molar-refractivity contribution in [1.82, 2.24) is 10.2 Å². The number of rotatable bonds is 4. The Kier molecular flexibility index (Phi) is 4.41. The number of amides is 2. The maximum absolute atomic E-state index is 13.0. The second-order valence-electron chi connectivity index (χ2n) is 6.19. The van der Waals surface area contributed by atoms with E-state index in [4.69, 9.17) is 0 Å². The van der Waals surface area contributed by atoms with E-state index in [1.165, 1.54) is 12.1 Å². The maximum atomic E-state index is 13.0. The zero-order chi connectivity index (χ0) is 15.5. The average molecular weight is 304 g/mol. The summed E-state index contributed by atoms with van der Waals surface area (Å²) in [5.41, 5.74) is 0.843. The normalized spacial score (nSPS) is 22.3. The molecule has 1 heterocycles. The van der Waals surface area contributed by atoms with Gasteiger partial charge in [-0.1, -0.05) is 25.0 Å². The van der Waals surface area contributed by atoms with Crippen molar-refractivity contribution in [2.24, 2.45) is 0 Å². The summed E-state index contributed by atoms with van der Waals surface area (Å²) in [6.45, 7) is 0.363. The van der Waals surface area contributed by atoms with Crippen molar-refractivity contribution < 1.29 is 14.0 Å². The first-order valence-corrected chi connectivity index (χ1v) is 7.98. The predicted molar refractivity (Wildman–Crippen MR) is 80.4 cm³/mol. The highest BCUT2D eigenvalue weighted by atomic mass is 19.1. The number of hydrogen-bond donors (Lipinski definition) is 1. The lowest BCUT2D eigenvalue weighted by Crippen LogP contribution is -2.47. The van der Waals surface area contributed by atoms with Gasteiger partial charge >= 0.3 is 0 Å². The predicted octanol–water partition coefficient (Wildman–Crippen LogP) is 2.38. The molecule has 2 fully saturated rings. The molecule has 2 amide bonds. The van der Waals surface area contributed by atoms with Gasteiger partial charge < -0.3 is 10.2 Å². The van der Waals surface area contributed by atoms with Crippen LogP contribution in [0.2, 0.25) is 0 Å². The summed E-state index contributed by atoms with van der Waals surface area (Å²) in [6, 6.07) is 5.95. The maximum Gasteiger partial charge on any atom is 0.243 e. The van der Waals surface area contributed by atoms with Crippen molar-refractivity contribution in [2.75, 3.05) is 0 Å². The third-order valence-corrected chi connectivity index (χ3v) is 4.60. The Labute approximate surface area is 129 Å². The molecule has 1 atom stereocenters. The highest BCUT2D eigenvalue weighted by Gasteiger charge is 2.36. The van der Waals surface area contributed by atoms with E-state index >= 15 is 0 Å². The molecule has 1 aliphatic carbocycles. The lowest BCUT2D eigenvalue weighted by Gasteiger charge is -2.25. The van der Waals surface area contributed by atoms with Gasteiger partial charge in [0.1, 0.15) is 11.9 Å². The van der Waals surface area contributed by atoms with E-state index in [1.54, 1.807) is 17.0 Å². The Hall–Kier alpha value is -1.91. The summed E-state index contributed by atoms with van der Waals surface area (Å²) in [5.74, 6) is -0.345. The third kappa shape index (κ3) is 3.29. The topological polar surface area (TPSA) is 49.4 Å². The molecular weight excluding hydrogens is 283 g/mol. The minimum Gasteiger partial charge on any atom is -0.352 e. The van der Waals surface area contributed by atoms with Crippen molar-refractivity contribution in [3.8, 4) is 0 Å². The van der Waals surface area contributed by atoms with E-state index in [-0.39, 0.29) is 23.7 Å². The summed E-state index contributed by atoms with van der Waals surface area (Å²) in [7, 11) is 0. The minimum absolute atomic E-state index is 0.00380. The third-order valence-electron chi connectivity index (χ3n) is 4.60. The highest BCUT2D eigenvalue weighted by Crippen LogP contribution is 2.23. The molecule has 5 heteroatoms. The highest BCUT2D eigenvalue weighted by molar-refractivity contribution is 5.91. The molecule has 1 unspecified atom stereocenters. The molecule has 0 spiro atoms. The second-order valence-corrected chi connectivity index (χ2v) is 6.19. The van der Waals surface area contributed by atoms with Gasteiger partial charge in [-0.2, -0.15) is 0 Å². The SMILES string of the molecule is O=C(NC1CCCC1)C1CCC(=O)N1Cc1ccc(F)cc1. The fourth-order valence-corrected chi connectivity index (χ4v) is 3.36. The van der Waals surface area contributed by atoms with Crippen LogP contribution in [0.1, 0.15) is 44.1 Å². The Bertz CT molecular complexity index is 552. The lowest BCUT2D eigenvalue weighted by atomic mass is 10.1. The first-order chi connectivity index (χ1) is 10.6. The van der Waals surface area contributed by atoms with Crippen LogP contribution in [0.4, 0.5) is 4.39 Å². The number of nitrogens with zero attached hydrogens (tertiary/aromatic N) is 1. The number of carbonyl (C=O) groups excluding carboxylic acids is 2. The Morgan fingerprint density at radius 3 is 2.55 bits per heavy atom. The number of benzene rings is 1. The van der Waals surface area contributed by atoms with E-state index in [1.807, 2.05) is 0 Å². The second kappa shape index (κ2) is 6.46. The molecule has 22 heavy (non-hydrogen) atoms. The molecule has 2 aliphatic rings. The summed E-state index contributed by atoms with van der Waals surface area (Å²) in [5, 5.41) is 3.07. The minimum atomic E-state index is -0.391. The standard InChI is InChI=1S/C17H21FN2O2/c18-13-7-5-12(6-8-13)11-20-15(9-10-16(20)21)17(22)19-14-3-1-2-4-14/h5-8,14-15H,1-4,9-11H2,(H,19,22). The summed E-state index contributed by atoms with van der Waals surface area (Å²) >= 11 is 0. The quantitative estimate of drug-likeness (QED) is 0.928. The van der Waals surface area contributed by atoms with Crippen molar-refractivity contribution >= 4 is 11.8 Å². The van der Waals surface area contributed by atoms with E-state index < -0.39 is 6.04 Å². The fraction of sp³-hybridized carbons (Fsp3) is 0.529. The van der Waals surface area contributed by atoms with Crippen LogP contribution in [0.3, 0.4) is 0 Å². The first kappa shape index (κ1) is 15.0. The van der Waals surface area contributed by atoms with Crippen LogP contribution in [-0.2, 0) is 16.1 Å². The van der Waals surface area contributed by atoms with Crippen LogP contribution in [0, 0.1) is 5.82 Å². The van der Waals surface area contributed by atoms with Crippen LogP contribution in [0.25, 0.3) is 0 Å². The van der Waals surface area contributed by atoms with Gasteiger partial charge in [0.2, 0.25) is 11.8 Å². The van der Waals surface area contributed by atoms with Gasteiger partial charge in [0.05, 0.1) is 0 Å². The summed E-state index contributed by atoms with van der Waals surface area (Å²) in [6.07, 6.45) is 5.36. The molecule has 1 aliphatic heterocycles. The molecule has 1 aromatic carbocycles. The van der Waals surface area contributed by atoms with Crippen LogP contribution in [0.5, 0.6) is 0 Å². The van der Waals surface area contributed by atoms with Gasteiger partial charge in [0, 0.05) is 19.0 Å². The molecular formula is C17H21FN2O2. The Balaban J connectivity index is 1.66. The zero-order valence-electron chi connectivity index (χ0n) is 12.6. The number of halogens is 1. The zero-order valence-corrected chi connectivity index (χ0v) is 12.6. The molecule has 0 bridgehead atoms. The molecule has 0 aromatic heterocycles. The van der Waals surface area contributed by atoms with Gasteiger partial charge in [-0.3, -0.25) is 9.59 Å². The van der Waals surface area contributed by atoms with Crippen LogP contribution < -0.4 is 5.32 Å². The van der Waals surface area contributed by atoms with Crippen LogP contribution >= 0.6 is 0 Å². The molecule has 1 N–H and O–H groups in total. The number of likely N-dealkylation sites (tertiary alicyclic amines) is 1. The van der Waals surface area contributed by atoms with Gasteiger partial charge in [-0.05, 0) is 37.0 Å². The summed E-state index contributed by atoms with van der Waals surface area (Å²) < 4.78 is 13.0. The molecule has 0 radical (unpaired) electrons. The molecule has 118 valence electrons. The smallest absolute Gasteiger partial charge is 0.243 e. The van der Waals surface area contributed by atoms with Gasteiger partial charge in [-0.25, -0.2) is 4.39 Å². The lowest BCUT2D eigenvalue weighted by molar-refractivity contribution is -0.136. The van der Waals surface area contributed by atoms with E-state index in [9.17, 15) is 14.0 Å². The monoisotopic (exact) mass is 304 g/mol. The van der Waals surface area contributed by atoms with Gasteiger partial charge in [0.15, 0.2) is 0 Å². The molecule has 1 aromatic rings. The molecule has 3 rings (SSSR count). The van der Waals surface area contributed by atoms with Crippen molar-refractivity contribution in [2.45, 2.75) is 57.2 Å². The van der Waals surface area contributed by atoms with E-state index in [2.05, 4.69) is 5.32 Å². The van der Waals surface area contributed by atoms with Gasteiger partial charge in [-0.15, -0.1) is 0 Å². The number of nitrogens with one attached hydrogen (secondary N) is 1. The molecule has 1 saturated carbocycles. The first-order valence-electron chi connectivity index (χ1n) is 7.98. The molecule has 4 nitrogen and oxygen atoms in total. The summed E-state index contributed by atoms with van der Waals surface area (Å²) in [4.78, 5) is 26.1. The fourth-order valence-electron chi connectivity index (χ4n) is 3.36. The van der Waals surface area contributed by atoms with Crippen LogP contribution in [-0.4, -0.2) is 28.8 Å². The van der Waals surface area contributed by atoms with Crippen LogP contribution in [0.15, 0.2) is 24.3 Å². The molecule has 1 saturated heterocycles. The largest absolute Gasteiger partial charge is 0.352 e. The average Bonchev–Trinajstić information content (AvgIpc) is 3.12. The van der Waals surface area contributed by atoms with Gasteiger partial charge in [0.25, 0.3) is 0 Å². The van der Waals surface area contributed by atoms with E-state index in [0.29, 0.717) is 19.4 Å². The Morgan fingerprint density at radius 2 is 1.86 bits per heavy atom. The van der Waals surface area contributed by atoms with Crippen molar-refractivity contribution in [3.05, 3.63) is 35.6 Å².